The maximum Gasteiger partial charge on any atom is 0.266 e. The van der Waals surface area contributed by atoms with E-state index in [-0.39, 0.29) is 39.9 Å². The Morgan fingerprint density at radius 1 is 1.21 bits per heavy atom. The second kappa shape index (κ2) is 9.93. The number of para-hydroxylation sites is 1. The smallest absolute Gasteiger partial charge is 0.266 e. The van der Waals surface area contributed by atoms with Crippen molar-refractivity contribution in [3.63, 3.8) is 0 Å². The lowest BCUT2D eigenvalue weighted by atomic mass is 10.1. The summed E-state index contributed by atoms with van der Waals surface area (Å²) in [6.45, 7) is 5.47. The summed E-state index contributed by atoms with van der Waals surface area (Å²) >= 11 is 6.98. The van der Waals surface area contributed by atoms with Crippen molar-refractivity contribution in [2.24, 2.45) is 0 Å². The first kappa shape index (κ1) is 24.7. The van der Waals surface area contributed by atoms with Crippen LogP contribution in [0.2, 0.25) is 5.02 Å². The number of hydrogen-bond acceptors (Lipinski definition) is 5. The second-order valence-corrected chi connectivity index (χ2v) is 9.84. The summed E-state index contributed by atoms with van der Waals surface area (Å²) in [5.41, 5.74) is 0.0329. The fourth-order valence-electron chi connectivity index (χ4n) is 3.06. The first-order valence-electron chi connectivity index (χ1n) is 10.1. The highest BCUT2D eigenvalue weighted by Gasteiger charge is 2.20. The van der Waals surface area contributed by atoms with Crippen molar-refractivity contribution < 1.29 is 14.0 Å². The Kier molecular flexibility index (Phi) is 7.44. The zero-order valence-electron chi connectivity index (χ0n) is 18.7. The number of carbonyl (C=O) groups is 2. The fourth-order valence-corrected chi connectivity index (χ4v) is 4.19. The number of nitrogens with zero attached hydrogens (tertiary/aromatic N) is 3. The van der Waals surface area contributed by atoms with Gasteiger partial charge in [0.25, 0.3) is 5.56 Å². The molecule has 3 aromatic rings. The maximum absolute atomic E-state index is 13.7. The highest BCUT2D eigenvalue weighted by molar-refractivity contribution is 7.99. The van der Waals surface area contributed by atoms with Crippen LogP contribution >= 0.6 is 23.4 Å². The minimum absolute atomic E-state index is 0.0565. The van der Waals surface area contributed by atoms with Gasteiger partial charge in [0.05, 0.1) is 33.9 Å². The molecule has 0 fully saturated rings. The van der Waals surface area contributed by atoms with Gasteiger partial charge < -0.3 is 10.2 Å². The Morgan fingerprint density at radius 3 is 2.58 bits per heavy atom. The third-order valence-electron chi connectivity index (χ3n) is 4.55. The van der Waals surface area contributed by atoms with Gasteiger partial charge in [-0.3, -0.25) is 19.0 Å². The number of fused-ring (bicyclic) bond motifs is 1. The summed E-state index contributed by atoms with van der Waals surface area (Å²) in [6, 6.07) is 10.8. The van der Waals surface area contributed by atoms with Crippen molar-refractivity contribution in [2.45, 2.75) is 31.5 Å². The minimum atomic E-state index is -0.609. The molecule has 1 N–H and O–H groups in total. The Bertz CT molecular complexity index is 1270. The van der Waals surface area contributed by atoms with Crippen LogP contribution in [0.3, 0.4) is 0 Å². The van der Waals surface area contributed by atoms with Crippen LogP contribution in [-0.4, -0.2) is 51.1 Å². The molecule has 33 heavy (non-hydrogen) atoms. The third-order valence-corrected chi connectivity index (χ3v) is 5.77. The highest BCUT2D eigenvalue weighted by Crippen LogP contribution is 2.24. The van der Waals surface area contributed by atoms with E-state index in [0.29, 0.717) is 16.6 Å². The Labute approximate surface area is 199 Å². The predicted molar refractivity (Wildman–Crippen MR) is 129 cm³/mol. The minimum Gasteiger partial charge on any atom is -0.350 e. The standard InChI is InChI=1S/C23H24ClFN4O3S/c1-23(2,3)27-19(30)12-28(4)20(31)13-33-22-26-18-8-6-5-7-15(18)21(32)29(22)14-9-10-17(25)16(24)11-14/h5-11H,12-13H2,1-4H3,(H,27,30). The molecule has 0 radical (unpaired) electrons. The summed E-state index contributed by atoms with van der Waals surface area (Å²) in [5, 5.41) is 3.30. The van der Waals surface area contributed by atoms with Crippen molar-refractivity contribution in [1.29, 1.82) is 0 Å². The maximum atomic E-state index is 13.7. The van der Waals surface area contributed by atoms with Gasteiger partial charge in [-0.25, -0.2) is 9.37 Å². The molecule has 0 atom stereocenters. The van der Waals surface area contributed by atoms with Gasteiger partial charge in [-0.15, -0.1) is 0 Å². The van der Waals surface area contributed by atoms with Gasteiger partial charge >= 0.3 is 0 Å². The number of benzene rings is 2. The van der Waals surface area contributed by atoms with Gasteiger partial charge in [0.1, 0.15) is 5.82 Å². The van der Waals surface area contributed by atoms with Crippen LogP contribution in [0, 0.1) is 5.82 Å². The van der Waals surface area contributed by atoms with Gasteiger partial charge in [0.15, 0.2) is 5.16 Å². The number of nitrogens with one attached hydrogen (secondary N) is 1. The highest BCUT2D eigenvalue weighted by atomic mass is 35.5. The van der Waals surface area contributed by atoms with E-state index >= 15 is 0 Å². The molecule has 1 heterocycles. The van der Waals surface area contributed by atoms with E-state index < -0.39 is 11.4 Å². The molecular formula is C23H24ClFN4O3S. The zero-order chi connectivity index (χ0) is 24.3. The molecule has 0 saturated heterocycles. The van der Waals surface area contributed by atoms with Crippen molar-refractivity contribution >= 4 is 46.1 Å². The molecule has 174 valence electrons. The quantitative estimate of drug-likeness (QED) is 0.421. The molecule has 0 spiro atoms. The van der Waals surface area contributed by atoms with Gasteiger partial charge in [-0.2, -0.15) is 0 Å². The molecule has 7 nitrogen and oxygen atoms in total. The normalized spacial score (nSPS) is 11.5. The van der Waals surface area contributed by atoms with Crippen LogP contribution in [0.15, 0.2) is 52.4 Å². The number of rotatable bonds is 6. The second-order valence-electron chi connectivity index (χ2n) is 8.49. The summed E-state index contributed by atoms with van der Waals surface area (Å²) in [7, 11) is 1.53. The lowest BCUT2D eigenvalue weighted by molar-refractivity contribution is -0.133. The van der Waals surface area contributed by atoms with Crippen LogP contribution in [-0.2, 0) is 9.59 Å². The van der Waals surface area contributed by atoms with Gasteiger partial charge in [-0.05, 0) is 51.1 Å². The Balaban J connectivity index is 1.89. The van der Waals surface area contributed by atoms with Crippen LogP contribution in [0.5, 0.6) is 0 Å². The Hall–Kier alpha value is -2.91. The monoisotopic (exact) mass is 490 g/mol. The molecule has 3 rings (SSSR count). The summed E-state index contributed by atoms with van der Waals surface area (Å²) < 4.78 is 15.0. The topological polar surface area (TPSA) is 84.3 Å². The number of carbonyl (C=O) groups excluding carboxylic acids is 2. The molecule has 0 aliphatic heterocycles. The van der Waals surface area contributed by atoms with E-state index in [1.165, 1.54) is 34.7 Å². The molecule has 1 aromatic heterocycles. The number of likely N-dealkylation sites (N-methyl/N-ethyl adjacent to an activating group) is 1. The molecular weight excluding hydrogens is 467 g/mol. The van der Waals surface area contributed by atoms with Crippen LogP contribution < -0.4 is 10.9 Å². The van der Waals surface area contributed by atoms with Crippen LogP contribution in [0.1, 0.15) is 20.8 Å². The largest absolute Gasteiger partial charge is 0.350 e. The van der Waals surface area contributed by atoms with E-state index in [2.05, 4.69) is 10.3 Å². The van der Waals surface area contributed by atoms with Gasteiger partial charge in [0.2, 0.25) is 11.8 Å². The molecule has 0 saturated carbocycles. The van der Waals surface area contributed by atoms with E-state index in [4.69, 9.17) is 11.6 Å². The van der Waals surface area contributed by atoms with Crippen molar-refractivity contribution in [3.05, 3.63) is 63.7 Å². The predicted octanol–water partition coefficient (Wildman–Crippen LogP) is 3.64. The van der Waals surface area contributed by atoms with Gasteiger partial charge in [0, 0.05) is 12.6 Å². The number of aromatic nitrogens is 2. The number of amides is 2. The lowest BCUT2D eigenvalue weighted by Crippen LogP contribution is -2.46. The van der Waals surface area contributed by atoms with E-state index in [9.17, 15) is 18.8 Å². The van der Waals surface area contributed by atoms with Crippen molar-refractivity contribution in [2.75, 3.05) is 19.3 Å². The van der Waals surface area contributed by atoms with E-state index in [1.54, 1.807) is 24.3 Å². The molecule has 2 amide bonds. The summed E-state index contributed by atoms with van der Waals surface area (Å²) in [4.78, 5) is 43.9. The fraction of sp³-hybridized carbons (Fsp3) is 0.304. The van der Waals surface area contributed by atoms with Crippen molar-refractivity contribution in [3.8, 4) is 5.69 Å². The molecule has 0 unspecified atom stereocenters. The molecule has 0 aliphatic rings. The van der Waals surface area contributed by atoms with Gasteiger partial charge in [-0.1, -0.05) is 35.5 Å². The SMILES string of the molecule is CN(CC(=O)NC(C)(C)C)C(=O)CSc1nc2ccccc2c(=O)n1-c1ccc(F)c(Cl)c1. The number of halogens is 2. The lowest BCUT2D eigenvalue weighted by Gasteiger charge is -2.23. The number of hydrogen-bond donors (Lipinski definition) is 1. The number of thioether (sulfide) groups is 1. The van der Waals surface area contributed by atoms with Crippen molar-refractivity contribution in [1.82, 2.24) is 19.8 Å². The van der Waals surface area contributed by atoms with Crippen LogP contribution in [0.4, 0.5) is 4.39 Å². The van der Waals surface area contributed by atoms with Crippen LogP contribution in [0.25, 0.3) is 16.6 Å². The Morgan fingerprint density at radius 2 is 1.91 bits per heavy atom. The summed E-state index contributed by atoms with van der Waals surface area (Å²) in [5.74, 6) is -1.25. The molecule has 2 aromatic carbocycles. The third kappa shape index (κ3) is 6.11. The molecule has 0 bridgehead atoms. The summed E-state index contributed by atoms with van der Waals surface area (Å²) in [6.07, 6.45) is 0. The zero-order valence-corrected chi connectivity index (χ0v) is 20.3. The molecule has 10 heteroatoms. The first-order valence-corrected chi connectivity index (χ1v) is 11.5. The van der Waals surface area contributed by atoms with E-state index in [1.807, 2.05) is 20.8 Å². The first-order chi connectivity index (χ1) is 15.5. The average Bonchev–Trinajstić information content (AvgIpc) is 2.72. The molecule has 0 aliphatic carbocycles. The van der Waals surface area contributed by atoms with E-state index in [0.717, 1.165) is 11.8 Å². The average molecular weight is 491 g/mol.